The summed E-state index contributed by atoms with van der Waals surface area (Å²) < 4.78 is 0. The van der Waals surface area contributed by atoms with E-state index in [1.807, 2.05) is 25.1 Å². The van der Waals surface area contributed by atoms with Crippen LogP contribution in [-0.4, -0.2) is 45.2 Å². The van der Waals surface area contributed by atoms with E-state index in [1.54, 1.807) is 11.9 Å². The molecule has 2 rings (SSSR count). The number of carbonyl (C=O) groups excluding carboxylic acids is 1. The van der Waals surface area contributed by atoms with E-state index < -0.39 is 0 Å². The second-order valence-electron chi connectivity index (χ2n) is 5.55. The molecule has 1 saturated heterocycles. The summed E-state index contributed by atoms with van der Waals surface area (Å²) in [6.45, 7) is 7.32. The fourth-order valence-corrected chi connectivity index (χ4v) is 3.08. The summed E-state index contributed by atoms with van der Waals surface area (Å²) in [5.74, 6) is 0.137. The predicted molar refractivity (Wildman–Crippen MR) is 80.1 cm³/mol. The number of rotatable bonds is 4. The number of amides is 1. The zero-order chi connectivity index (χ0) is 14.5. The van der Waals surface area contributed by atoms with Gasteiger partial charge in [-0.1, -0.05) is 23.7 Å². The number of quaternary nitrogens is 2. The maximum absolute atomic E-state index is 11.7. The van der Waals surface area contributed by atoms with Crippen molar-refractivity contribution in [3.8, 4) is 0 Å². The highest BCUT2D eigenvalue weighted by Crippen LogP contribution is 2.09. The minimum absolute atomic E-state index is 0.0488. The maximum Gasteiger partial charge on any atom is 0.277 e. The van der Waals surface area contributed by atoms with Gasteiger partial charge in [0.15, 0.2) is 6.04 Å². The van der Waals surface area contributed by atoms with Crippen LogP contribution in [0.15, 0.2) is 24.3 Å². The second-order valence-corrected chi connectivity index (χ2v) is 5.99. The minimum Gasteiger partial charge on any atom is -0.354 e. The molecule has 20 heavy (non-hydrogen) atoms. The molecule has 1 aromatic carbocycles. The molecule has 0 spiro atoms. The van der Waals surface area contributed by atoms with E-state index in [9.17, 15) is 4.79 Å². The van der Waals surface area contributed by atoms with Gasteiger partial charge in [-0.25, -0.2) is 0 Å². The van der Waals surface area contributed by atoms with E-state index in [0.717, 1.165) is 37.7 Å². The predicted octanol–water partition coefficient (Wildman–Crippen LogP) is -1.24. The van der Waals surface area contributed by atoms with Gasteiger partial charge in [-0.3, -0.25) is 4.79 Å². The summed E-state index contributed by atoms with van der Waals surface area (Å²) in [6.07, 6.45) is 0. The summed E-state index contributed by atoms with van der Waals surface area (Å²) in [4.78, 5) is 14.6. The Hall–Kier alpha value is -1.10. The normalized spacial score (nSPS) is 24.1. The molecule has 0 saturated carbocycles. The first-order chi connectivity index (χ1) is 9.60. The monoisotopic (exact) mass is 297 g/mol. The van der Waals surface area contributed by atoms with Gasteiger partial charge in [0.25, 0.3) is 5.91 Å². The number of halogens is 1. The average Bonchev–Trinajstić information content (AvgIpc) is 2.46. The zero-order valence-electron chi connectivity index (χ0n) is 12.2. The third-order valence-electron chi connectivity index (χ3n) is 4.19. The van der Waals surface area contributed by atoms with Gasteiger partial charge in [0, 0.05) is 17.6 Å². The number of carbonyl (C=O) groups is 1. The van der Waals surface area contributed by atoms with Crippen LogP contribution in [0.25, 0.3) is 0 Å². The molecule has 0 aliphatic carbocycles. The lowest BCUT2D eigenvalue weighted by Gasteiger charge is -2.32. The summed E-state index contributed by atoms with van der Waals surface area (Å²) in [5, 5.41) is 3.54. The van der Waals surface area contributed by atoms with Crippen LogP contribution in [0.2, 0.25) is 5.02 Å². The van der Waals surface area contributed by atoms with Gasteiger partial charge in [-0.2, -0.15) is 0 Å². The molecular formula is C15H24ClN3O+2. The quantitative estimate of drug-likeness (QED) is 0.639. The van der Waals surface area contributed by atoms with E-state index in [2.05, 4.69) is 11.4 Å². The first-order valence-electron chi connectivity index (χ1n) is 7.24. The Bertz CT molecular complexity index is 458. The molecule has 4 nitrogen and oxygen atoms in total. The van der Waals surface area contributed by atoms with Crippen LogP contribution in [0, 0.1) is 0 Å². The van der Waals surface area contributed by atoms with Crippen LogP contribution in [-0.2, 0) is 11.3 Å². The van der Waals surface area contributed by atoms with Crippen molar-refractivity contribution in [1.82, 2.24) is 5.32 Å². The summed E-state index contributed by atoms with van der Waals surface area (Å²) in [7, 11) is 1.71. The molecule has 0 bridgehead atoms. The van der Waals surface area contributed by atoms with Gasteiger partial charge in [0.2, 0.25) is 0 Å². The van der Waals surface area contributed by atoms with Gasteiger partial charge < -0.3 is 15.1 Å². The smallest absolute Gasteiger partial charge is 0.277 e. The SMILES string of the molecule is CNC(=O)[C@H](C)[NH+]1CC[NH+](Cc2cccc(Cl)c2)CC1. The number of hydrogen-bond donors (Lipinski definition) is 3. The standard InChI is InChI=1S/C15H22ClN3O/c1-12(15(20)17-2)19-8-6-18(7-9-19)11-13-4-3-5-14(16)10-13/h3-5,10,12H,6-9,11H2,1-2H3,(H,17,20)/p+2/t12-/m0/s1. The van der Waals surface area contributed by atoms with E-state index in [4.69, 9.17) is 11.6 Å². The molecule has 1 heterocycles. The van der Waals surface area contributed by atoms with E-state index >= 15 is 0 Å². The van der Waals surface area contributed by atoms with Gasteiger partial charge >= 0.3 is 0 Å². The van der Waals surface area contributed by atoms with Crippen molar-refractivity contribution in [1.29, 1.82) is 0 Å². The summed E-state index contributed by atoms with van der Waals surface area (Å²) in [5.41, 5.74) is 1.29. The number of benzene rings is 1. The zero-order valence-corrected chi connectivity index (χ0v) is 13.0. The van der Waals surface area contributed by atoms with Crippen molar-refractivity contribution < 1.29 is 14.6 Å². The molecular weight excluding hydrogens is 274 g/mol. The van der Waals surface area contributed by atoms with Crippen LogP contribution in [0.3, 0.4) is 0 Å². The fraction of sp³-hybridized carbons (Fsp3) is 0.533. The maximum atomic E-state index is 11.7. The molecule has 0 radical (unpaired) electrons. The molecule has 1 aliphatic heterocycles. The molecule has 1 fully saturated rings. The van der Waals surface area contributed by atoms with E-state index in [1.165, 1.54) is 10.5 Å². The highest BCUT2D eigenvalue weighted by molar-refractivity contribution is 6.30. The molecule has 5 heteroatoms. The molecule has 3 N–H and O–H groups in total. The van der Waals surface area contributed by atoms with Gasteiger partial charge in [0.05, 0.1) is 0 Å². The van der Waals surface area contributed by atoms with E-state index in [-0.39, 0.29) is 11.9 Å². The average molecular weight is 298 g/mol. The Balaban J connectivity index is 1.84. The number of nitrogens with one attached hydrogen (secondary N) is 3. The minimum atomic E-state index is 0.0488. The molecule has 1 amide bonds. The Kier molecular flexibility index (Phi) is 5.40. The van der Waals surface area contributed by atoms with Gasteiger partial charge in [0.1, 0.15) is 32.7 Å². The van der Waals surface area contributed by atoms with Crippen molar-refractivity contribution in [3.05, 3.63) is 34.9 Å². The Morgan fingerprint density at radius 3 is 2.65 bits per heavy atom. The van der Waals surface area contributed by atoms with Crippen molar-refractivity contribution in [2.75, 3.05) is 33.2 Å². The highest BCUT2D eigenvalue weighted by atomic mass is 35.5. The first kappa shape index (κ1) is 15.3. The number of piperazine rings is 1. The lowest BCUT2D eigenvalue weighted by atomic mass is 10.1. The Morgan fingerprint density at radius 1 is 1.35 bits per heavy atom. The number of hydrogen-bond acceptors (Lipinski definition) is 1. The first-order valence-corrected chi connectivity index (χ1v) is 7.62. The molecule has 0 aromatic heterocycles. The van der Waals surface area contributed by atoms with Crippen LogP contribution in [0.5, 0.6) is 0 Å². The molecule has 1 aromatic rings. The lowest BCUT2D eigenvalue weighted by molar-refractivity contribution is -1.02. The Morgan fingerprint density at radius 2 is 2.05 bits per heavy atom. The van der Waals surface area contributed by atoms with Crippen molar-refractivity contribution in [2.45, 2.75) is 19.5 Å². The largest absolute Gasteiger partial charge is 0.354 e. The van der Waals surface area contributed by atoms with Crippen LogP contribution < -0.4 is 15.1 Å². The van der Waals surface area contributed by atoms with Crippen molar-refractivity contribution in [2.24, 2.45) is 0 Å². The van der Waals surface area contributed by atoms with Gasteiger partial charge in [-0.05, 0) is 19.1 Å². The third kappa shape index (κ3) is 3.95. The number of likely N-dealkylation sites (N-methyl/N-ethyl adjacent to an activating group) is 1. The van der Waals surface area contributed by atoms with Crippen LogP contribution in [0.1, 0.15) is 12.5 Å². The fourth-order valence-electron chi connectivity index (χ4n) is 2.87. The molecule has 1 aliphatic rings. The second kappa shape index (κ2) is 7.07. The topological polar surface area (TPSA) is 38.0 Å². The van der Waals surface area contributed by atoms with E-state index in [0.29, 0.717) is 0 Å². The third-order valence-corrected chi connectivity index (χ3v) is 4.43. The Labute approximate surface area is 125 Å². The molecule has 110 valence electrons. The van der Waals surface area contributed by atoms with Crippen LogP contribution >= 0.6 is 11.6 Å². The van der Waals surface area contributed by atoms with Gasteiger partial charge in [-0.15, -0.1) is 0 Å². The van der Waals surface area contributed by atoms with Crippen molar-refractivity contribution in [3.63, 3.8) is 0 Å². The molecule has 0 unspecified atom stereocenters. The van der Waals surface area contributed by atoms with Crippen molar-refractivity contribution >= 4 is 17.5 Å². The summed E-state index contributed by atoms with van der Waals surface area (Å²) in [6, 6.07) is 8.14. The summed E-state index contributed by atoms with van der Waals surface area (Å²) >= 11 is 6.02. The molecule has 1 atom stereocenters. The highest BCUT2D eigenvalue weighted by Gasteiger charge is 2.30. The van der Waals surface area contributed by atoms with Crippen LogP contribution in [0.4, 0.5) is 0 Å². The lowest BCUT2D eigenvalue weighted by Crippen LogP contribution is -3.29.